The molecular formula is C9H17NO3S. The Morgan fingerprint density at radius 3 is 2.29 bits per heavy atom. The monoisotopic (exact) mass is 219 g/mol. The highest BCUT2D eigenvalue weighted by Crippen LogP contribution is 2.55. The summed E-state index contributed by atoms with van der Waals surface area (Å²) in [4.78, 5) is 0. The van der Waals surface area contributed by atoms with Crippen molar-refractivity contribution in [1.29, 1.82) is 0 Å². The van der Waals surface area contributed by atoms with Crippen LogP contribution in [0.5, 0.6) is 0 Å². The molecule has 2 aliphatic rings. The Bertz CT molecular complexity index is 302. The van der Waals surface area contributed by atoms with Gasteiger partial charge in [0.2, 0.25) is 10.0 Å². The molecule has 0 unspecified atom stereocenters. The fourth-order valence-electron chi connectivity index (χ4n) is 2.54. The van der Waals surface area contributed by atoms with Crippen LogP contribution in [0.1, 0.15) is 25.7 Å². The van der Waals surface area contributed by atoms with E-state index >= 15 is 0 Å². The lowest BCUT2D eigenvalue weighted by atomic mass is 9.84. The van der Waals surface area contributed by atoms with Crippen molar-refractivity contribution >= 4 is 10.0 Å². The van der Waals surface area contributed by atoms with Gasteiger partial charge in [-0.15, -0.1) is 0 Å². The highest BCUT2D eigenvalue weighted by atomic mass is 32.2. The largest absolute Gasteiger partial charge is 0.381 e. The zero-order valence-corrected chi connectivity index (χ0v) is 9.05. The summed E-state index contributed by atoms with van der Waals surface area (Å²) < 4.78 is 27.4. The Balaban J connectivity index is 2.01. The second-order valence-corrected chi connectivity index (χ2v) is 6.17. The molecule has 2 fully saturated rings. The number of hydrogen-bond donors (Lipinski definition) is 1. The van der Waals surface area contributed by atoms with E-state index in [0.717, 1.165) is 38.9 Å². The lowest BCUT2D eigenvalue weighted by Gasteiger charge is -2.29. The van der Waals surface area contributed by atoms with Crippen molar-refractivity contribution in [3.05, 3.63) is 0 Å². The number of primary sulfonamides is 1. The third kappa shape index (κ3) is 2.27. The number of rotatable bonds is 3. The highest BCUT2D eigenvalue weighted by molar-refractivity contribution is 7.89. The molecule has 2 N–H and O–H groups in total. The van der Waals surface area contributed by atoms with E-state index in [1.807, 2.05) is 0 Å². The van der Waals surface area contributed by atoms with Crippen LogP contribution >= 0.6 is 0 Å². The first-order valence-electron chi connectivity index (χ1n) is 5.10. The van der Waals surface area contributed by atoms with Crippen molar-refractivity contribution in [3.63, 3.8) is 0 Å². The Hall–Kier alpha value is -0.130. The summed E-state index contributed by atoms with van der Waals surface area (Å²) in [7, 11) is -3.31. The maximum absolute atomic E-state index is 11.1. The van der Waals surface area contributed by atoms with E-state index in [4.69, 9.17) is 9.88 Å². The summed E-state index contributed by atoms with van der Waals surface area (Å²) in [6, 6.07) is 0. The zero-order chi connectivity index (χ0) is 10.2. The molecule has 4 nitrogen and oxygen atoms in total. The third-order valence-corrected chi connectivity index (χ3v) is 4.45. The summed E-state index contributed by atoms with van der Waals surface area (Å²) in [5.41, 5.74) is 0.0113. The summed E-state index contributed by atoms with van der Waals surface area (Å²) in [5, 5.41) is 5.11. The van der Waals surface area contributed by atoms with E-state index in [1.165, 1.54) is 0 Å². The van der Waals surface area contributed by atoms with Gasteiger partial charge < -0.3 is 4.74 Å². The summed E-state index contributed by atoms with van der Waals surface area (Å²) in [5.74, 6) is 0.680. The Morgan fingerprint density at radius 1 is 1.29 bits per heavy atom. The van der Waals surface area contributed by atoms with Gasteiger partial charge in [0.05, 0.1) is 5.75 Å². The molecule has 14 heavy (non-hydrogen) atoms. The quantitative estimate of drug-likeness (QED) is 0.750. The molecule has 0 aromatic rings. The normalized spacial score (nSPS) is 27.5. The molecule has 1 aliphatic carbocycles. The molecule has 0 atom stereocenters. The summed E-state index contributed by atoms with van der Waals surface area (Å²) in [6.07, 6.45) is 4.03. The van der Waals surface area contributed by atoms with Gasteiger partial charge in [-0.05, 0) is 37.0 Å². The molecule has 1 aliphatic heterocycles. The molecule has 0 aromatic heterocycles. The number of sulfonamides is 1. The minimum absolute atomic E-state index is 0.0113. The van der Waals surface area contributed by atoms with Crippen molar-refractivity contribution in [2.45, 2.75) is 25.7 Å². The van der Waals surface area contributed by atoms with Crippen molar-refractivity contribution in [2.24, 2.45) is 16.5 Å². The predicted octanol–water partition coefficient (Wildman–Crippen LogP) is 0.482. The van der Waals surface area contributed by atoms with Crippen molar-refractivity contribution in [2.75, 3.05) is 19.0 Å². The van der Waals surface area contributed by atoms with Crippen LogP contribution in [-0.2, 0) is 14.8 Å². The Labute approximate surface area is 84.9 Å². The fraction of sp³-hybridized carbons (Fsp3) is 1.00. The fourth-order valence-corrected chi connectivity index (χ4v) is 3.87. The Morgan fingerprint density at radius 2 is 1.86 bits per heavy atom. The van der Waals surface area contributed by atoms with Gasteiger partial charge in [0.1, 0.15) is 0 Å². The molecular weight excluding hydrogens is 202 g/mol. The van der Waals surface area contributed by atoms with Crippen LogP contribution in [0.25, 0.3) is 0 Å². The van der Waals surface area contributed by atoms with Crippen LogP contribution in [0.15, 0.2) is 0 Å². The molecule has 1 saturated heterocycles. The van der Waals surface area contributed by atoms with E-state index in [0.29, 0.717) is 5.92 Å². The van der Waals surface area contributed by atoms with Crippen LogP contribution in [0, 0.1) is 11.3 Å². The molecule has 0 radical (unpaired) electrons. The number of ether oxygens (including phenoxy) is 1. The van der Waals surface area contributed by atoms with Gasteiger partial charge >= 0.3 is 0 Å². The lowest BCUT2D eigenvalue weighted by Crippen LogP contribution is -2.32. The van der Waals surface area contributed by atoms with Crippen LogP contribution in [0.4, 0.5) is 0 Å². The average Bonchev–Trinajstić information content (AvgIpc) is 2.85. The topological polar surface area (TPSA) is 69.4 Å². The molecule has 0 amide bonds. The van der Waals surface area contributed by atoms with Crippen LogP contribution in [0.3, 0.4) is 0 Å². The van der Waals surface area contributed by atoms with E-state index in [1.54, 1.807) is 0 Å². The maximum atomic E-state index is 11.1. The van der Waals surface area contributed by atoms with E-state index in [2.05, 4.69) is 0 Å². The van der Waals surface area contributed by atoms with Crippen LogP contribution < -0.4 is 5.14 Å². The first-order valence-corrected chi connectivity index (χ1v) is 6.82. The number of nitrogens with two attached hydrogens (primary N) is 1. The average molecular weight is 219 g/mol. The maximum Gasteiger partial charge on any atom is 0.209 e. The molecule has 0 bridgehead atoms. The minimum atomic E-state index is -3.31. The molecule has 1 saturated carbocycles. The van der Waals surface area contributed by atoms with Gasteiger partial charge in [0.25, 0.3) is 0 Å². The first-order chi connectivity index (χ1) is 6.52. The van der Waals surface area contributed by atoms with Gasteiger partial charge in [0, 0.05) is 13.2 Å². The minimum Gasteiger partial charge on any atom is -0.381 e. The predicted molar refractivity (Wildman–Crippen MR) is 53.2 cm³/mol. The van der Waals surface area contributed by atoms with Crippen molar-refractivity contribution in [3.8, 4) is 0 Å². The van der Waals surface area contributed by atoms with E-state index in [-0.39, 0.29) is 11.2 Å². The van der Waals surface area contributed by atoms with Crippen LogP contribution in [0.2, 0.25) is 0 Å². The van der Waals surface area contributed by atoms with Gasteiger partial charge in [-0.25, -0.2) is 13.6 Å². The molecule has 1 heterocycles. The molecule has 0 aromatic carbocycles. The second-order valence-electron chi connectivity index (χ2n) is 4.56. The van der Waals surface area contributed by atoms with E-state index in [9.17, 15) is 8.42 Å². The van der Waals surface area contributed by atoms with Gasteiger partial charge in [-0.3, -0.25) is 0 Å². The Kier molecular flexibility index (Phi) is 2.57. The molecule has 0 spiro atoms. The van der Waals surface area contributed by atoms with Gasteiger partial charge in [-0.2, -0.15) is 0 Å². The zero-order valence-electron chi connectivity index (χ0n) is 8.24. The lowest BCUT2D eigenvalue weighted by molar-refractivity contribution is 0.0450. The molecule has 2 rings (SSSR count). The van der Waals surface area contributed by atoms with E-state index < -0.39 is 10.0 Å². The summed E-state index contributed by atoms with van der Waals surface area (Å²) in [6.45, 7) is 1.55. The number of hydrogen-bond acceptors (Lipinski definition) is 3. The smallest absolute Gasteiger partial charge is 0.209 e. The second kappa shape index (κ2) is 3.47. The summed E-state index contributed by atoms with van der Waals surface area (Å²) >= 11 is 0. The first kappa shape index (κ1) is 10.4. The third-order valence-electron chi connectivity index (χ3n) is 3.47. The molecule has 82 valence electrons. The van der Waals surface area contributed by atoms with Crippen LogP contribution in [-0.4, -0.2) is 27.4 Å². The molecule has 5 heteroatoms. The van der Waals surface area contributed by atoms with Gasteiger partial charge in [-0.1, -0.05) is 0 Å². The van der Waals surface area contributed by atoms with Gasteiger partial charge in [0.15, 0.2) is 0 Å². The van der Waals surface area contributed by atoms with Crippen molar-refractivity contribution in [1.82, 2.24) is 0 Å². The highest BCUT2D eigenvalue weighted by Gasteiger charge is 2.51. The standard InChI is InChI=1S/C9H17NO3S/c10-14(11,12)7-9(3-4-9)8-1-5-13-6-2-8/h8H,1-7H2,(H2,10,11,12). The van der Waals surface area contributed by atoms with Crippen molar-refractivity contribution < 1.29 is 13.2 Å². The SMILES string of the molecule is NS(=O)(=O)CC1(C2CCOCC2)CC1.